The minimum atomic E-state index is -0.303. The summed E-state index contributed by atoms with van der Waals surface area (Å²) in [6.07, 6.45) is 0.399. The van der Waals surface area contributed by atoms with Crippen LogP contribution >= 0.6 is 0 Å². The van der Waals surface area contributed by atoms with Crippen molar-refractivity contribution in [1.82, 2.24) is 5.32 Å². The Bertz CT molecular complexity index is 105. The average Bonchev–Trinajstić information content (AvgIpc) is 1.86. The van der Waals surface area contributed by atoms with Gasteiger partial charge in [-0.1, -0.05) is 0 Å². The normalized spacial score (nSPS) is 12.7. The third kappa shape index (κ3) is 4.29. The van der Waals surface area contributed by atoms with Crippen molar-refractivity contribution in [3.63, 3.8) is 0 Å². The van der Waals surface area contributed by atoms with Crippen LogP contribution < -0.4 is 5.32 Å². The topological polar surface area (TPSA) is 69.6 Å². The van der Waals surface area contributed by atoms with Gasteiger partial charge in [-0.3, -0.25) is 4.79 Å². The summed E-state index contributed by atoms with van der Waals surface area (Å²) in [7, 11) is 0. The van der Waals surface area contributed by atoms with E-state index < -0.39 is 0 Å². The first-order valence-electron chi connectivity index (χ1n) is 3.19. The molecule has 0 aromatic carbocycles. The van der Waals surface area contributed by atoms with Crippen LogP contribution in [0.15, 0.2) is 0 Å². The molecule has 4 nitrogen and oxygen atoms in total. The lowest BCUT2D eigenvalue weighted by molar-refractivity contribution is -0.120. The number of amides is 1. The fourth-order valence-electron chi connectivity index (χ4n) is 0.652. The first kappa shape index (κ1) is 9.39. The molecule has 0 aliphatic rings. The van der Waals surface area contributed by atoms with E-state index in [1.165, 1.54) is 6.92 Å². The molecule has 0 radical (unpaired) electrons. The second-order valence-electron chi connectivity index (χ2n) is 2.09. The van der Waals surface area contributed by atoms with Gasteiger partial charge in [0.15, 0.2) is 0 Å². The molecule has 0 unspecified atom stereocenters. The zero-order valence-corrected chi connectivity index (χ0v) is 6.00. The fraction of sp³-hybridized carbons (Fsp3) is 0.833. The number of nitrogens with one attached hydrogen (secondary N) is 1. The highest BCUT2D eigenvalue weighted by atomic mass is 16.3. The first-order valence-corrected chi connectivity index (χ1v) is 3.19. The molecule has 1 amide bonds. The Morgan fingerprint density at radius 3 is 2.50 bits per heavy atom. The second kappa shape index (κ2) is 5.20. The second-order valence-corrected chi connectivity index (χ2v) is 2.09. The van der Waals surface area contributed by atoms with E-state index in [2.05, 4.69) is 5.32 Å². The molecule has 0 aromatic rings. The molecule has 0 aliphatic carbocycles. The van der Waals surface area contributed by atoms with Crippen molar-refractivity contribution in [3.05, 3.63) is 0 Å². The molecule has 1 atom stereocenters. The van der Waals surface area contributed by atoms with Gasteiger partial charge in [-0.05, 0) is 6.42 Å². The summed E-state index contributed by atoms with van der Waals surface area (Å²) in [4.78, 5) is 10.4. The third-order valence-corrected chi connectivity index (χ3v) is 1.11. The highest BCUT2D eigenvalue weighted by molar-refractivity contribution is 5.73. The van der Waals surface area contributed by atoms with Gasteiger partial charge in [-0.15, -0.1) is 0 Å². The fourth-order valence-corrected chi connectivity index (χ4v) is 0.652. The van der Waals surface area contributed by atoms with Crippen LogP contribution in [0.2, 0.25) is 0 Å². The van der Waals surface area contributed by atoms with Gasteiger partial charge in [-0.25, -0.2) is 0 Å². The van der Waals surface area contributed by atoms with Crippen LogP contribution in [0.4, 0.5) is 0 Å². The third-order valence-electron chi connectivity index (χ3n) is 1.11. The van der Waals surface area contributed by atoms with Crippen molar-refractivity contribution in [2.45, 2.75) is 19.4 Å². The van der Waals surface area contributed by atoms with Gasteiger partial charge in [0.05, 0.1) is 12.6 Å². The maximum atomic E-state index is 10.4. The molecular formula is C6H13NO3. The van der Waals surface area contributed by atoms with E-state index in [1.807, 2.05) is 0 Å². The van der Waals surface area contributed by atoms with Gasteiger partial charge < -0.3 is 15.5 Å². The molecular weight excluding hydrogens is 134 g/mol. The molecule has 0 saturated carbocycles. The molecule has 0 heterocycles. The molecule has 0 rings (SSSR count). The summed E-state index contributed by atoms with van der Waals surface area (Å²) in [5, 5.41) is 19.5. The van der Waals surface area contributed by atoms with Crippen molar-refractivity contribution in [3.8, 4) is 0 Å². The van der Waals surface area contributed by atoms with Gasteiger partial charge in [0.2, 0.25) is 5.91 Å². The highest BCUT2D eigenvalue weighted by Crippen LogP contribution is 1.87. The molecule has 0 saturated heterocycles. The standard InChI is InChI=1S/C6H13NO3/c1-5(10)7-6(4-9)2-3-8/h6,8-9H,2-4H2,1H3,(H,7,10)/t6-/m0/s1. The minimum absolute atomic E-state index is 0.0223. The number of hydrogen-bond acceptors (Lipinski definition) is 3. The van der Waals surface area contributed by atoms with Crippen LogP contribution in [-0.4, -0.2) is 35.4 Å². The van der Waals surface area contributed by atoms with Crippen LogP contribution in [0, 0.1) is 0 Å². The lowest BCUT2D eigenvalue weighted by Crippen LogP contribution is -2.36. The smallest absolute Gasteiger partial charge is 0.217 e. The predicted molar refractivity (Wildman–Crippen MR) is 36.4 cm³/mol. The Morgan fingerprint density at radius 1 is 1.60 bits per heavy atom. The van der Waals surface area contributed by atoms with Crippen LogP contribution in [0.1, 0.15) is 13.3 Å². The monoisotopic (exact) mass is 147 g/mol. The van der Waals surface area contributed by atoms with E-state index >= 15 is 0 Å². The number of carbonyl (C=O) groups excluding carboxylic acids is 1. The summed E-state index contributed by atoms with van der Waals surface area (Å²) < 4.78 is 0. The van der Waals surface area contributed by atoms with Crippen LogP contribution in [0.5, 0.6) is 0 Å². The van der Waals surface area contributed by atoms with Crippen molar-refractivity contribution in [2.75, 3.05) is 13.2 Å². The Morgan fingerprint density at radius 2 is 2.20 bits per heavy atom. The van der Waals surface area contributed by atoms with E-state index in [0.717, 1.165) is 0 Å². The summed E-state index contributed by atoms with van der Waals surface area (Å²) in [5.74, 6) is -0.187. The quantitative estimate of drug-likeness (QED) is 0.471. The molecule has 0 bridgehead atoms. The van der Waals surface area contributed by atoms with Crippen molar-refractivity contribution in [2.24, 2.45) is 0 Å². The average molecular weight is 147 g/mol. The SMILES string of the molecule is CC(=O)N[C@H](CO)CCO. The molecule has 0 fully saturated rings. The van der Waals surface area contributed by atoms with E-state index in [1.54, 1.807) is 0 Å². The van der Waals surface area contributed by atoms with E-state index in [0.29, 0.717) is 6.42 Å². The zero-order valence-electron chi connectivity index (χ0n) is 6.00. The molecule has 60 valence electrons. The zero-order chi connectivity index (χ0) is 7.98. The van der Waals surface area contributed by atoms with Gasteiger partial charge in [0.25, 0.3) is 0 Å². The van der Waals surface area contributed by atoms with Gasteiger partial charge in [-0.2, -0.15) is 0 Å². The number of hydrogen-bond donors (Lipinski definition) is 3. The molecule has 10 heavy (non-hydrogen) atoms. The largest absolute Gasteiger partial charge is 0.396 e. The van der Waals surface area contributed by atoms with Crippen molar-refractivity contribution in [1.29, 1.82) is 0 Å². The summed E-state index contributed by atoms with van der Waals surface area (Å²) >= 11 is 0. The number of aliphatic hydroxyl groups is 2. The number of aliphatic hydroxyl groups excluding tert-OH is 2. The van der Waals surface area contributed by atoms with E-state index in [-0.39, 0.29) is 25.2 Å². The Hall–Kier alpha value is -0.610. The Balaban J connectivity index is 3.49. The minimum Gasteiger partial charge on any atom is -0.396 e. The molecule has 0 aliphatic heterocycles. The highest BCUT2D eigenvalue weighted by Gasteiger charge is 2.05. The summed E-state index contributed by atoms with van der Waals surface area (Å²) in [6.45, 7) is 1.23. The van der Waals surface area contributed by atoms with Gasteiger partial charge in [0, 0.05) is 13.5 Å². The molecule has 3 N–H and O–H groups in total. The molecule has 4 heteroatoms. The van der Waals surface area contributed by atoms with Crippen molar-refractivity contribution >= 4 is 5.91 Å². The van der Waals surface area contributed by atoms with Gasteiger partial charge >= 0.3 is 0 Å². The van der Waals surface area contributed by atoms with E-state index in [9.17, 15) is 4.79 Å². The predicted octanol–water partition coefficient (Wildman–Crippen LogP) is -1.13. The van der Waals surface area contributed by atoms with Crippen molar-refractivity contribution < 1.29 is 15.0 Å². The lowest BCUT2D eigenvalue weighted by Gasteiger charge is -2.12. The van der Waals surface area contributed by atoms with Gasteiger partial charge in [0.1, 0.15) is 0 Å². The Labute approximate surface area is 59.9 Å². The molecule has 0 spiro atoms. The first-order chi connectivity index (χ1) is 4.70. The number of rotatable bonds is 4. The molecule has 0 aromatic heterocycles. The van der Waals surface area contributed by atoms with E-state index in [4.69, 9.17) is 10.2 Å². The van der Waals surface area contributed by atoms with Crippen LogP contribution in [-0.2, 0) is 4.79 Å². The van der Waals surface area contributed by atoms with Crippen LogP contribution in [0.3, 0.4) is 0 Å². The summed E-state index contributed by atoms with van der Waals surface area (Å²) in [5.41, 5.74) is 0. The van der Waals surface area contributed by atoms with Crippen LogP contribution in [0.25, 0.3) is 0 Å². The maximum Gasteiger partial charge on any atom is 0.217 e. The maximum absolute atomic E-state index is 10.4. The summed E-state index contributed by atoms with van der Waals surface area (Å²) in [6, 6.07) is -0.303. The number of carbonyl (C=O) groups is 1. The lowest BCUT2D eigenvalue weighted by atomic mass is 10.2. The Kier molecular flexibility index (Phi) is 4.88.